The lowest BCUT2D eigenvalue weighted by Gasteiger charge is -2.25. The molecule has 0 fully saturated rings. The summed E-state index contributed by atoms with van der Waals surface area (Å²) in [5.74, 6) is 2.36. The van der Waals surface area contributed by atoms with Crippen LogP contribution < -0.4 is 9.64 Å². The predicted molar refractivity (Wildman–Crippen MR) is 184 cm³/mol. The molecule has 6 heteroatoms. The number of ether oxygens (including phenoxy) is 1. The number of benzene rings is 5. The molecule has 5 aromatic carbocycles. The number of rotatable bonds is 5. The maximum Gasteiger partial charge on any atom is 0.137 e. The number of anilines is 3. The van der Waals surface area contributed by atoms with E-state index in [1.165, 1.54) is 27.9 Å². The van der Waals surface area contributed by atoms with Gasteiger partial charge in [0.25, 0.3) is 0 Å². The third kappa shape index (κ3) is 4.42. The van der Waals surface area contributed by atoms with Crippen LogP contribution >= 0.6 is 0 Å². The van der Waals surface area contributed by atoms with E-state index in [0.29, 0.717) is 0 Å². The van der Waals surface area contributed by atoms with E-state index in [1.807, 2.05) is 59.5 Å². The van der Waals surface area contributed by atoms with E-state index in [9.17, 15) is 0 Å². The van der Waals surface area contributed by atoms with Crippen molar-refractivity contribution in [1.29, 1.82) is 0 Å². The first-order chi connectivity index (χ1) is 22.8. The predicted octanol–water partition coefficient (Wildman–Crippen LogP) is 9.73. The SMILES string of the molecule is c1ccc(-n2c3ccccc3c3ccc(Oc4cccc(-n5cc(N6c7ccccc7CCc7ccccc76)cn5)c4)cc32)nc1. The monoisotopic (exact) mass is 595 g/mol. The molecule has 220 valence electrons. The highest BCUT2D eigenvalue weighted by Gasteiger charge is 2.23. The number of aryl methyl sites for hydroxylation is 2. The molecular formula is C40H29N5O. The Balaban J connectivity index is 1.07. The first kappa shape index (κ1) is 26.3. The van der Waals surface area contributed by atoms with Crippen LogP contribution in [0, 0.1) is 0 Å². The fourth-order valence-corrected chi connectivity index (χ4v) is 6.70. The Bertz CT molecular complexity index is 2320. The molecule has 1 aliphatic heterocycles. The third-order valence-corrected chi connectivity index (χ3v) is 8.80. The highest BCUT2D eigenvalue weighted by atomic mass is 16.5. The van der Waals surface area contributed by atoms with Gasteiger partial charge in [-0.05, 0) is 78.6 Å². The Morgan fingerprint density at radius 2 is 1.28 bits per heavy atom. The normalized spacial score (nSPS) is 12.6. The molecule has 46 heavy (non-hydrogen) atoms. The van der Waals surface area contributed by atoms with Gasteiger partial charge in [0.2, 0.25) is 0 Å². The largest absolute Gasteiger partial charge is 0.457 e. The van der Waals surface area contributed by atoms with Gasteiger partial charge in [-0.3, -0.25) is 4.57 Å². The number of aromatic nitrogens is 4. The maximum atomic E-state index is 6.48. The standard InChI is InChI=1S/C40H29N5O/c1-4-15-36-28(10-1)19-20-29-11-2-5-16-37(29)44(36)31-26-42-43(27-31)30-12-9-13-32(24-30)46-33-21-22-35-34-14-3-6-17-38(34)45(39(35)25-33)40-18-7-8-23-41-40/h1-18,21-27H,19-20H2. The second-order valence-corrected chi connectivity index (χ2v) is 11.6. The van der Waals surface area contributed by atoms with Crippen molar-refractivity contribution >= 4 is 38.9 Å². The number of pyridine rings is 1. The zero-order valence-electron chi connectivity index (χ0n) is 25.0. The van der Waals surface area contributed by atoms with Crippen LogP contribution in [0.15, 0.2) is 152 Å². The van der Waals surface area contributed by atoms with Gasteiger partial charge in [0, 0.05) is 40.5 Å². The topological polar surface area (TPSA) is 48.1 Å². The molecule has 0 amide bonds. The van der Waals surface area contributed by atoms with E-state index >= 15 is 0 Å². The molecule has 0 aliphatic carbocycles. The molecule has 3 aromatic heterocycles. The van der Waals surface area contributed by atoms with Crippen LogP contribution in [-0.2, 0) is 12.8 Å². The summed E-state index contributed by atoms with van der Waals surface area (Å²) in [5.41, 5.74) is 9.15. The van der Waals surface area contributed by atoms with E-state index in [1.54, 1.807) is 0 Å². The average molecular weight is 596 g/mol. The Labute approximate surface area is 266 Å². The molecule has 0 N–H and O–H groups in total. The van der Waals surface area contributed by atoms with E-state index in [0.717, 1.165) is 58.0 Å². The van der Waals surface area contributed by atoms with Crippen molar-refractivity contribution < 1.29 is 4.74 Å². The van der Waals surface area contributed by atoms with Gasteiger partial charge in [0.05, 0.1) is 34.8 Å². The van der Waals surface area contributed by atoms with E-state index in [-0.39, 0.29) is 0 Å². The lowest BCUT2D eigenvalue weighted by atomic mass is 10.0. The highest BCUT2D eigenvalue weighted by molar-refractivity contribution is 6.09. The van der Waals surface area contributed by atoms with E-state index in [2.05, 4.69) is 112 Å². The number of para-hydroxylation sites is 3. The van der Waals surface area contributed by atoms with Gasteiger partial charge in [-0.2, -0.15) is 5.10 Å². The first-order valence-corrected chi connectivity index (χ1v) is 15.5. The van der Waals surface area contributed by atoms with Crippen molar-refractivity contribution in [3.05, 3.63) is 163 Å². The number of nitrogens with zero attached hydrogens (tertiary/aromatic N) is 5. The van der Waals surface area contributed by atoms with Crippen molar-refractivity contribution in [2.24, 2.45) is 0 Å². The summed E-state index contributed by atoms with van der Waals surface area (Å²) >= 11 is 0. The van der Waals surface area contributed by atoms with Crippen LogP contribution in [0.25, 0.3) is 33.3 Å². The van der Waals surface area contributed by atoms with Crippen LogP contribution in [0.4, 0.5) is 17.1 Å². The Morgan fingerprint density at radius 1 is 0.565 bits per heavy atom. The summed E-state index contributed by atoms with van der Waals surface area (Å²) in [4.78, 5) is 6.99. The first-order valence-electron chi connectivity index (χ1n) is 15.5. The summed E-state index contributed by atoms with van der Waals surface area (Å²) < 4.78 is 10.6. The van der Waals surface area contributed by atoms with Crippen LogP contribution in [0.2, 0.25) is 0 Å². The Kier molecular flexibility index (Phi) is 6.16. The molecule has 8 aromatic rings. The summed E-state index contributed by atoms with van der Waals surface area (Å²) in [6.45, 7) is 0. The molecule has 0 unspecified atom stereocenters. The molecular weight excluding hydrogens is 566 g/mol. The number of hydrogen-bond acceptors (Lipinski definition) is 4. The lowest BCUT2D eigenvalue weighted by Crippen LogP contribution is -2.11. The molecule has 6 nitrogen and oxygen atoms in total. The summed E-state index contributed by atoms with van der Waals surface area (Å²) in [5, 5.41) is 7.14. The second kappa shape index (κ2) is 10.8. The van der Waals surface area contributed by atoms with Gasteiger partial charge >= 0.3 is 0 Å². The van der Waals surface area contributed by atoms with Crippen molar-refractivity contribution in [3.8, 4) is 23.0 Å². The van der Waals surface area contributed by atoms with Crippen LogP contribution in [-0.4, -0.2) is 19.3 Å². The average Bonchev–Trinajstić information content (AvgIpc) is 3.68. The van der Waals surface area contributed by atoms with Gasteiger partial charge in [-0.15, -0.1) is 0 Å². The van der Waals surface area contributed by atoms with E-state index in [4.69, 9.17) is 9.84 Å². The fourth-order valence-electron chi connectivity index (χ4n) is 6.70. The van der Waals surface area contributed by atoms with Gasteiger partial charge in [-0.25, -0.2) is 9.67 Å². The fraction of sp³-hybridized carbons (Fsp3) is 0.0500. The molecule has 0 saturated carbocycles. The Morgan fingerprint density at radius 3 is 2.09 bits per heavy atom. The van der Waals surface area contributed by atoms with Gasteiger partial charge in [0.15, 0.2) is 0 Å². The minimum atomic E-state index is 0.736. The van der Waals surface area contributed by atoms with Crippen LogP contribution in [0.1, 0.15) is 11.1 Å². The third-order valence-electron chi connectivity index (χ3n) is 8.80. The van der Waals surface area contributed by atoms with Gasteiger partial charge < -0.3 is 9.64 Å². The maximum absolute atomic E-state index is 6.48. The minimum Gasteiger partial charge on any atom is -0.457 e. The number of hydrogen-bond donors (Lipinski definition) is 0. The van der Waals surface area contributed by atoms with Crippen molar-refractivity contribution in [2.75, 3.05) is 4.90 Å². The molecule has 9 rings (SSSR count). The highest BCUT2D eigenvalue weighted by Crippen LogP contribution is 2.42. The molecule has 0 bridgehead atoms. The second-order valence-electron chi connectivity index (χ2n) is 11.6. The molecule has 0 spiro atoms. The molecule has 4 heterocycles. The molecule has 0 atom stereocenters. The number of fused-ring (bicyclic) bond motifs is 5. The van der Waals surface area contributed by atoms with Gasteiger partial charge in [0.1, 0.15) is 17.3 Å². The quantitative estimate of drug-likeness (QED) is 0.199. The van der Waals surface area contributed by atoms with Crippen LogP contribution in [0.5, 0.6) is 11.5 Å². The minimum absolute atomic E-state index is 0.736. The summed E-state index contributed by atoms with van der Waals surface area (Å²) in [6, 6.07) is 46.1. The molecule has 0 saturated heterocycles. The van der Waals surface area contributed by atoms with Crippen molar-refractivity contribution in [1.82, 2.24) is 19.3 Å². The molecule has 0 radical (unpaired) electrons. The Hall–Kier alpha value is -6.14. The zero-order chi connectivity index (χ0) is 30.5. The zero-order valence-corrected chi connectivity index (χ0v) is 25.0. The lowest BCUT2D eigenvalue weighted by molar-refractivity contribution is 0.483. The van der Waals surface area contributed by atoms with E-state index < -0.39 is 0 Å². The smallest absolute Gasteiger partial charge is 0.137 e. The van der Waals surface area contributed by atoms with Crippen molar-refractivity contribution in [3.63, 3.8) is 0 Å². The van der Waals surface area contributed by atoms with Crippen molar-refractivity contribution in [2.45, 2.75) is 12.8 Å². The molecule has 1 aliphatic rings. The van der Waals surface area contributed by atoms with Gasteiger partial charge in [-0.1, -0.05) is 66.7 Å². The summed E-state index contributed by atoms with van der Waals surface area (Å²) in [7, 11) is 0. The van der Waals surface area contributed by atoms with Crippen LogP contribution in [0.3, 0.4) is 0 Å². The summed E-state index contributed by atoms with van der Waals surface area (Å²) in [6.07, 6.45) is 7.87.